The lowest BCUT2D eigenvalue weighted by atomic mass is 10.0. The normalized spacial score (nSPS) is 23.4. The molecule has 2 amide bonds. The fourth-order valence-corrected chi connectivity index (χ4v) is 6.62. The Morgan fingerprint density at radius 2 is 1.97 bits per heavy atom. The highest BCUT2D eigenvalue weighted by Crippen LogP contribution is 2.36. The van der Waals surface area contributed by atoms with Crippen LogP contribution in [0, 0.1) is 5.41 Å². The van der Waals surface area contributed by atoms with Crippen LogP contribution >= 0.6 is 11.8 Å². The quantitative estimate of drug-likeness (QED) is 0.227. The van der Waals surface area contributed by atoms with Gasteiger partial charge in [0.1, 0.15) is 12.1 Å². The number of amidine groups is 1. The van der Waals surface area contributed by atoms with E-state index >= 15 is 0 Å². The number of piperidine rings is 1. The number of nitrogens with zero attached hydrogens (tertiary/aromatic N) is 1. The van der Waals surface area contributed by atoms with E-state index in [4.69, 9.17) is 11.1 Å². The third kappa shape index (κ3) is 6.44. The van der Waals surface area contributed by atoms with Crippen LogP contribution in [0.3, 0.4) is 0 Å². The summed E-state index contributed by atoms with van der Waals surface area (Å²) in [7, 11) is -3.69. The molecule has 170 valence electrons. The van der Waals surface area contributed by atoms with E-state index in [0.717, 1.165) is 0 Å². The first-order chi connectivity index (χ1) is 14.8. The van der Waals surface area contributed by atoms with Crippen LogP contribution in [0.5, 0.6) is 0 Å². The van der Waals surface area contributed by atoms with Crippen molar-refractivity contribution in [3.05, 3.63) is 35.9 Å². The van der Waals surface area contributed by atoms with Gasteiger partial charge in [-0.25, -0.2) is 13.1 Å². The summed E-state index contributed by atoms with van der Waals surface area (Å²) in [6.45, 7) is 0.451. The summed E-state index contributed by atoms with van der Waals surface area (Å²) in [5.74, 6) is -0.131. The predicted octanol–water partition coefficient (Wildman–Crippen LogP) is 0.761. The van der Waals surface area contributed by atoms with Crippen LogP contribution in [0.15, 0.2) is 30.3 Å². The number of unbranched alkanes of at least 4 members (excludes halogenated alkanes) is 1. The molecule has 3 rings (SSSR count). The first kappa shape index (κ1) is 23.6. The molecule has 0 aliphatic carbocycles. The van der Waals surface area contributed by atoms with Crippen molar-refractivity contribution in [1.82, 2.24) is 14.9 Å². The minimum atomic E-state index is -3.69. The Balaban J connectivity index is 1.56. The van der Waals surface area contributed by atoms with Crippen LogP contribution < -0.4 is 15.8 Å². The van der Waals surface area contributed by atoms with Crippen LogP contribution in [-0.4, -0.2) is 60.7 Å². The van der Waals surface area contributed by atoms with Gasteiger partial charge in [0, 0.05) is 18.7 Å². The predicted molar refractivity (Wildman–Crippen MR) is 121 cm³/mol. The van der Waals surface area contributed by atoms with Crippen LogP contribution in [-0.2, 0) is 25.4 Å². The van der Waals surface area contributed by atoms with E-state index in [0.29, 0.717) is 50.0 Å². The number of rotatable bonds is 10. The highest BCUT2D eigenvalue weighted by molar-refractivity contribution is 8.00. The molecule has 0 saturated carbocycles. The molecular weight excluding hydrogens is 438 g/mol. The van der Waals surface area contributed by atoms with E-state index in [-0.39, 0.29) is 28.8 Å². The third-order valence-corrected chi connectivity index (χ3v) is 8.06. The maximum atomic E-state index is 13.1. The lowest BCUT2D eigenvalue weighted by Crippen LogP contribution is -2.59. The number of carbonyl (C=O) groups is 2. The molecule has 1 aromatic carbocycles. The maximum Gasteiger partial charge on any atom is 0.243 e. The molecule has 0 radical (unpaired) electrons. The van der Waals surface area contributed by atoms with Gasteiger partial charge in [0.25, 0.3) is 0 Å². The average Bonchev–Trinajstić information content (AvgIpc) is 3.15. The van der Waals surface area contributed by atoms with Crippen molar-refractivity contribution in [1.29, 1.82) is 5.41 Å². The molecule has 0 spiro atoms. The van der Waals surface area contributed by atoms with Crippen molar-refractivity contribution < 1.29 is 18.0 Å². The zero-order valence-electron chi connectivity index (χ0n) is 17.2. The zero-order chi connectivity index (χ0) is 22.4. The minimum Gasteiger partial charge on any atom is -0.388 e. The molecule has 3 unspecified atom stereocenters. The van der Waals surface area contributed by atoms with Gasteiger partial charge in [-0.05, 0) is 31.2 Å². The number of hydrogen-bond acceptors (Lipinski definition) is 6. The Bertz CT molecular complexity index is 909. The standard InChI is InChI=1S/C20H29N5O4S2/c21-17(22)8-4-5-11-23-19(26)16-12-30-18-10-9-15(20(27)25(16)18)24-31(28,29)13-14-6-2-1-3-7-14/h1-3,6-7,15-16,18,24H,4-5,8-13H2,(H3,21,22)(H,23,26). The van der Waals surface area contributed by atoms with Crippen LogP contribution in [0.25, 0.3) is 0 Å². The van der Waals surface area contributed by atoms with Crippen LogP contribution in [0.2, 0.25) is 0 Å². The van der Waals surface area contributed by atoms with Crippen molar-refractivity contribution in [3.8, 4) is 0 Å². The van der Waals surface area contributed by atoms with E-state index in [9.17, 15) is 18.0 Å². The van der Waals surface area contributed by atoms with E-state index < -0.39 is 22.1 Å². The number of amides is 2. The molecular formula is C20H29N5O4S2. The minimum absolute atomic E-state index is 0.101. The molecule has 9 nitrogen and oxygen atoms in total. The summed E-state index contributed by atoms with van der Waals surface area (Å²) in [6.07, 6.45) is 2.96. The monoisotopic (exact) mass is 467 g/mol. The van der Waals surface area contributed by atoms with Crippen LogP contribution in [0.1, 0.15) is 37.7 Å². The number of nitrogens with two attached hydrogens (primary N) is 1. The van der Waals surface area contributed by atoms with Crippen LogP contribution in [0.4, 0.5) is 0 Å². The van der Waals surface area contributed by atoms with Gasteiger partial charge in [-0.2, -0.15) is 0 Å². The Kier molecular flexibility index (Phi) is 7.95. The molecule has 2 aliphatic rings. The molecule has 2 aliphatic heterocycles. The third-order valence-electron chi connectivity index (χ3n) is 5.34. The summed E-state index contributed by atoms with van der Waals surface area (Å²) in [6, 6.07) is 7.36. The van der Waals surface area contributed by atoms with Crippen molar-refractivity contribution >= 4 is 39.4 Å². The number of sulfonamides is 1. The van der Waals surface area contributed by atoms with Gasteiger partial charge in [-0.1, -0.05) is 30.3 Å². The number of thioether (sulfide) groups is 1. The highest BCUT2D eigenvalue weighted by atomic mass is 32.2. The Hall–Kier alpha value is -2.11. The second kappa shape index (κ2) is 10.5. The molecule has 31 heavy (non-hydrogen) atoms. The van der Waals surface area contributed by atoms with E-state index in [1.165, 1.54) is 0 Å². The summed E-state index contributed by atoms with van der Waals surface area (Å²) >= 11 is 1.56. The second-order valence-corrected chi connectivity index (χ2v) is 10.8. The first-order valence-electron chi connectivity index (χ1n) is 10.3. The molecule has 0 bridgehead atoms. The van der Waals surface area contributed by atoms with Gasteiger partial charge in [0.15, 0.2) is 0 Å². The average molecular weight is 468 g/mol. The molecule has 2 heterocycles. The molecule has 2 saturated heterocycles. The molecule has 2 fully saturated rings. The SMILES string of the molecule is N=C(N)CCCCNC(=O)C1CSC2CCC(NS(=O)(=O)Cc3ccccc3)C(=O)N21. The summed E-state index contributed by atoms with van der Waals surface area (Å²) in [5, 5.41) is 9.96. The smallest absolute Gasteiger partial charge is 0.243 e. The van der Waals surface area contributed by atoms with E-state index in [2.05, 4.69) is 10.0 Å². The fourth-order valence-electron chi connectivity index (χ4n) is 3.83. The van der Waals surface area contributed by atoms with Gasteiger partial charge >= 0.3 is 0 Å². The van der Waals surface area contributed by atoms with Gasteiger partial charge in [-0.3, -0.25) is 15.0 Å². The number of hydrogen-bond donors (Lipinski definition) is 4. The van der Waals surface area contributed by atoms with E-state index in [1.807, 2.05) is 6.07 Å². The van der Waals surface area contributed by atoms with Crippen molar-refractivity contribution in [2.75, 3.05) is 12.3 Å². The molecule has 3 atom stereocenters. The zero-order valence-corrected chi connectivity index (χ0v) is 18.9. The lowest BCUT2D eigenvalue weighted by molar-refractivity contribution is -0.143. The summed E-state index contributed by atoms with van der Waals surface area (Å²) in [4.78, 5) is 27.3. The topological polar surface area (TPSA) is 145 Å². The molecule has 11 heteroatoms. The lowest BCUT2D eigenvalue weighted by Gasteiger charge is -2.36. The number of benzene rings is 1. The van der Waals surface area contributed by atoms with Gasteiger partial charge in [0.05, 0.1) is 17.0 Å². The fraction of sp³-hybridized carbons (Fsp3) is 0.550. The Morgan fingerprint density at radius 1 is 1.23 bits per heavy atom. The second-order valence-electron chi connectivity index (χ2n) is 7.82. The first-order valence-corrected chi connectivity index (χ1v) is 13.1. The Labute approximate surface area is 187 Å². The highest BCUT2D eigenvalue weighted by Gasteiger charge is 2.47. The number of carbonyl (C=O) groups excluding carboxylic acids is 2. The summed E-state index contributed by atoms with van der Waals surface area (Å²) in [5.41, 5.74) is 5.97. The molecule has 5 N–H and O–H groups in total. The number of fused-ring (bicyclic) bond motifs is 1. The largest absolute Gasteiger partial charge is 0.388 e. The number of nitrogens with one attached hydrogen (secondary N) is 3. The molecule has 1 aromatic rings. The van der Waals surface area contributed by atoms with Crippen molar-refractivity contribution in [2.45, 2.75) is 55.3 Å². The van der Waals surface area contributed by atoms with Gasteiger partial charge < -0.3 is 16.0 Å². The van der Waals surface area contributed by atoms with Gasteiger partial charge in [-0.15, -0.1) is 11.8 Å². The van der Waals surface area contributed by atoms with Gasteiger partial charge in [0.2, 0.25) is 21.8 Å². The van der Waals surface area contributed by atoms with E-state index in [1.54, 1.807) is 40.9 Å². The molecule has 0 aromatic heterocycles. The Morgan fingerprint density at radius 3 is 2.68 bits per heavy atom. The maximum absolute atomic E-state index is 13.1. The van der Waals surface area contributed by atoms with Crippen molar-refractivity contribution in [2.24, 2.45) is 5.73 Å². The van der Waals surface area contributed by atoms with Crippen molar-refractivity contribution in [3.63, 3.8) is 0 Å². The summed E-state index contributed by atoms with van der Waals surface area (Å²) < 4.78 is 27.7.